The van der Waals surface area contributed by atoms with E-state index in [4.69, 9.17) is 5.11 Å². The Kier molecular flexibility index (Phi) is 3.34. The molecule has 0 saturated heterocycles. The predicted octanol–water partition coefficient (Wildman–Crippen LogP) is 0.459. The van der Waals surface area contributed by atoms with Gasteiger partial charge in [-0.15, -0.1) is 0 Å². The monoisotopic (exact) mass is 234 g/mol. The number of nitrogens with zero attached hydrogens (tertiary/aromatic N) is 2. The van der Waals surface area contributed by atoms with Crippen molar-refractivity contribution in [1.29, 1.82) is 0 Å². The first-order valence-corrected chi connectivity index (χ1v) is 5.43. The fourth-order valence-corrected chi connectivity index (χ4v) is 1.55. The topological polar surface area (TPSA) is 90.9 Å². The van der Waals surface area contributed by atoms with Crippen LogP contribution >= 0.6 is 0 Å². The van der Waals surface area contributed by atoms with Gasteiger partial charge in [-0.25, -0.2) is 0 Å². The molecule has 0 radical (unpaired) electrons. The lowest BCUT2D eigenvalue weighted by Gasteiger charge is -2.12. The number of rotatable bonds is 4. The number of amides is 1. The summed E-state index contributed by atoms with van der Waals surface area (Å²) in [5, 5.41) is 21.9. The molecule has 0 bridgehead atoms. The highest BCUT2D eigenvalue weighted by molar-refractivity contribution is 5.97. The largest absolute Gasteiger partial charge is 0.396 e. The van der Waals surface area contributed by atoms with Gasteiger partial charge >= 0.3 is 0 Å². The number of nitrogens with one attached hydrogen (secondary N) is 2. The van der Waals surface area contributed by atoms with Crippen molar-refractivity contribution in [1.82, 2.24) is 20.7 Å². The zero-order valence-corrected chi connectivity index (χ0v) is 9.47. The fraction of sp³-hybridized carbons (Fsp3) is 0.364. The first-order chi connectivity index (χ1) is 8.20. The molecule has 90 valence electrons. The summed E-state index contributed by atoms with van der Waals surface area (Å²) in [6, 6.07) is 5.07. The van der Waals surface area contributed by atoms with E-state index in [-0.39, 0.29) is 18.6 Å². The molecule has 2 aromatic rings. The van der Waals surface area contributed by atoms with E-state index in [0.717, 1.165) is 5.52 Å². The van der Waals surface area contributed by atoms with Gasteiger partial charge < -0.3 is 10.4 Å². The van der Waals surface area contributed by atoms with Gasteiger partial charge in [0, 0.05) is 18.2 Å². The lowest BCUT2D eigenvalue weighted by atomic mass is 10.1. The molecule has 1 atom stereocenters. The summed E-state index contributed by atoms with van der Waals surface area (Å²) in [6.07, 6.45) is 0.540. The van der Waals surface area contributed by atoms with E-state index in [0.29, 0.717) is 17.5 Å². The highest BCUT2D eigenvalue weighted by Crippen LogP contribution is 2.10. The molecule has 0 saturated carbocycles. The van der Waals surface area contributed by atoms with Gasteiger partial charge in [0.05, 0.1) is 0 Å². The minimum atomic E-state index is -0.171. The van der Waals surface area contributed by atoms with Gasteiger partial charge in [0.25, 0.3) is 5.91 Å². The average Bonchev–Trinajstić information content (AvgIpc) is 2.75. The van der Waals surface area contributed by atoms with Gasteiger partial charge in [-0.1, -0.05) is 0 Å². The molecule has 6 heteroatoms. The van der Waals surface area contributed by atoms with E-state index in [2.05, 4.69) is 20.7 Å². The molecule has 6 nitrogen and oxygen atoms in total. The SMILES string of the molecule is CC(CCO)NC(=O)c1ccc2n[nH]nc2c1. The summed E-state index contributed by atoms with van der Waals surface area (Å²) in [4.78, 5) is 11.8. The van der Waals surface area contributed by atoms with Crippen LogP contribution in [0.2, 0.25) is 0 Å². The van der Waals surface area contributed by atoms with Crippen LogP contribution in [-0.4, -0.2) is 39.1 Å². The van der Waals surface area contributed by atoms with Crippen LogP contribution in [0.15, 0.2) is 18.2 Å². The van der Waals surface area contributed by atoms with Crippen LogP contribution in [0.25, 0.3) is 11.0 Å². The summed E-state index contributed by atoms with van der Waals surface area (Å²) < 4.78 is 0. The minimum absolute atomic E-state index is 0.0551. The molecule has 3 N–H and O–H groups in total. The van der Waals surface area contributed by atoms with E-state index < -0.39 is 0 Å². The van der Waals surface area contributed by atoms with Crippen LogP contribution in [0.1, 0.15) is 23.7 Å². The van der Waals surface area contributed by atoms with Crippen LogP contribution in [0.3, 0.4) is 0 Å². The van der Waals surface area contributed by atoms with Gasteiger partial charge in [-0.2, -0.15) is 15.4 Å². The van der Waals surface area contributed by atoms with E-state index in [9.17, 15) is 4.79 Å². The quantitative estimate of drug-likeness (QED) is 0.716. The number of carbonyl (C=O) groups is 1. The second kappa shape index (κ2) is 4.92. The highest BCUT2D eigenvalue weighted by Gasteiger charge is 2.10. The number of benzene rings is 1. The van der Waals surface area contributed by atoms with E-state index >= 15 is 0 Å². The lowest BCUT2D eigenvalue weighted by Crippen LogP contribution is -2.33. The molecule has 0 spiro atoms. The Labute approximate surface area is 98.0 Å². The van der Waals surface area contributed by atoms with Gasteiger partial charge in [-0.3, -0.25) is 4.79 Å². The van der Waals surface area contributed by atoms with Crippen molar-refractivity contribution in [2.45, 2.75) is 19.4 Å². The van der Waals surface area contributed by atoms with Crippen molar-refractivity contribution in [3.05, 3.63) is 23.8 Å². The standard InChI is InChI=1S/C11H14N4O2/c1-7(4-5-16)12-11(17)8-2-3-9-10(6-8)14-15-13-9/h2-3,6-7,16H,4-5H2,1H3,(H,12,17)(H,13,14,15). The fourth-order valence-electron chi connectivity index (χ4n) is 1.55. The third-order valence-corrected chi connectivity index (χ3v) is 2.52. The highest BCUT2D eigenvalue weighted by atomic mass is 16.3. The van der Waals surface area contributed by atoms with Gasteiger partial charge in [-0.05, 0) is 31.5 Å². The number of aliphatic hydroxyl groups is 1. The molecule has 0 aliphatic carbocycles. The lowest BCUT2D eigenvalue weighted by molar-refractivity contribution is 0.0934. The maximum atomic E-state index is 11.8. The molecule has 1 aromatic heterocycles. The Morgan fingerprint density at radius 2 is 2.24 bits per heavy atom. The van der Waals surface area contributed by atoms with Crippen molar-refractivity contribution >= 4 is 16.9 Å². The van der Waals surface area contributed by atoms with Crippen molar-refractivity contribution in [2.75, 3.05) is 6.61 Å². The molecular weight excluding hydrogens is 220 g/mol. The third kappa shape index (κ3) is 2.59. The molecule has 0 aliphatic rings. The number of aliphatic hydroxyl groups excluding tert-OH is 1. The van der Waals surface area contributed by atoms with Crippen LogP contribution < -0.4 is 5.32 Å². The molecule has 1 heterocycles. The molecule has 17 heavy (non-hydrogen) atoms. The molecule has 1 unspecified atom stereocenters. The zero-order valence-electron chi connectivity index (χ0n) is 9.47. The first-order valence-electron chi connectivity index (χ1n) is 5.43. The van der Waals surface area contributed by atoms with Crippen molar-refractivity contribution in [3.63, 3.8) is 0 Å². The van der Waals surface area contributed by atoms with Gasteiger partial charge in [0.15, 0.2) is 0 Å². The Balaban J connectivity index is 2.13. The molecule has 0 fully saturated rings. The minimum Gasteiger partial charge on any atom is -0.396 e. The number of hydrogen-bond donors (Lipinski definition) is 3. The van der Waals surface area contributed by atoms with E-state index in [1.54, 1.807) is 18.2 Å². The molecule has 1 aromatic carbocycles. The summed E-state index contributed by atoms with van der Waals surface area (Å²) >= 11 is 0. The van der Waals surface area contributed by atoms with E-state index in [1.807, 2.05) is 6.92 Å². The molecule has 1 amide bonds. The predicted molar refractivity (Wildman–Crippen MR) is 62.5 cm³/mol. The Morgan fingerprint density at radius 1 is 1.47 bits per heavy atom. The maximum Gasteiger partial charge on any atom is 0.251 e. The number of hydrogen-bond acceptors (Lipinski definition) is 4. The second-order valence-electron chi connectivity index (χ2n) is 3.91. The van der Waals surface area contributed by atoms with Gasteiger partial charge in [0.2, 0.25) is 0 Å². The molecule has 2 rings (SSSR count). The van der Waals surface area contributed by atoms with Crippen LogP contribution in [0.5, 0.6) is 0 Å². The maximum absolute atomic E-state index is 11.8. The summed E-state index contributed by atoms with van der Waals surface area (Å²) in [6.45, 7) is 1.91. The number of carbonyl (C=O) groups excluding carboxylic acids is 1. The number of aromatic amines is 1. The normalized spacial score (nSPS) is 12.6. The van der Waals surface area contributed by atoms with Crippen LogP contribution in [0.4, 0.5) is 0 Å². The van der Waals surface area contributed by atoms with E-state index in [1.165, 1.54) is 0 Å². The Hall–Kier alpha value is -1.95. The first kappa shape index (κ1) is 11.5. The summed E-state index contributed by atoms with van der Waals surface area (Å²) in [5.74, 6) is -0.171. The smallest absolute Gasteiger partial charge is 0.251 e. The van der Waals surface area contributed by atoms with Crippen molar-refractivity contribution < 1.29 is 9.90 Å². The zero-order chi connectivity index (χ0) is 12.3. The van der Waals surface area contributed by atoms with Crippen LogP contribution in [-0.2, 0) is 0 Å². The third-order valence-electron chi connectivity index (χ3n) is 2.52. The Bertz CT molecular complexity index is 523. The number of fused-ring (bicyclic) bond motifs is 1. The Morgan fingerprint density at radius 3 is 3.00 bits per heavy atom. The van der Waals surface area contributed by atoms with Crippen LogP contribution in [0, 0.1) is 0 Å². The van der Waals surface area contributed by atoms with Crippen molar-refractivity contribution in [3.8, 4) is 0 Å². The molecule has 0 aliphatic heterocycles. The second-order valence-corrected chi connectivity index (χ2v) is 3.91. The van der Waals surface area contributed by atoms with Crippen molar-refractivity contribution in [2.24, 2.45) is 0 Å². The number of H-pyrrole nitrogens is 1. The number of aromatic nitrogens is 3. The summed E-state index contributed by atoms with van der Waals surface area (Å²) in [5.41, 5.74) is 1.92. The average molecular weight is 234 g/mol. The van der Waals surface area contributed by atoms with Gasteiger partial charge in [0.1, 0.15) is 11.0 Å². The molecular formula is C11H14N4O2. The summed E-state index contributed by atoms with van der Waals surface area (Å²) in [7, 11) is 0.